The zero-order valence-corrected chi connectivity index (χ0v) is 14.4. The standard InChI is InChI=1S/C19H17NO4S/c1-24-19(21)17-8-4-5-14(11-17)13-20(25(22)23)18-10-9-15-6-2-3-7-16(15)12-18/h2-12H,13H2,1H3,(H,22,23). The predicted molar refractivity (Wildman–Crippen MR) is 98.7 cm³/mol. The molecule has 0 amide bonds. The van der Waals surface area contributed by atoms with E-state index in [0.717, 1.165) is 16.3 Å². The van der Waals surface area contributed by atoms with Gasteiger partial charge in [0, 0.05) is 0 Å². The highest BCUT2D eigenvalue weighted by Gasteiger charge is 2.15. The third-order valence-corrected chi connectivity index (χ3v) is 4.60. The number of benzene rings is 3. The maximum Gasteiger partial charge on any atom is 0.337 e. The van der Waals surface area contributed by atoms with Crippen LogP contribution in [0.4, 0.5) is 5.69 Å². The van der Waals surface area contributed by atoms with E-state index in [0.29, 0.717) is 11.3 Å². The molecule has 3 aromatic rings. The second-order valence-corrected chi connectivity index (χ2v) is 6.39. The molecule has 0 radical (unpaired) electrons. The predicted octanol–water partition coefficient (Wildman–Crippen LogP) is 3.77. The number of ether oxygens (including phenoxy) is 1. The molecule has 25 heavy (non-hydrogen) atoms. The maximum atomic E-state index is 11.9. The lowest BCUT2D eigenvalue weighted by molar-refractivity contribution is 0.0600. The SMILES string of the molecule is COC(=O)c1cccc(CN(c2ccc3ccccc3c2)S(=O)O)c1. The van der Waals surface area contributed by atoms with E-state index in [-0.39, 0.29) is 6.54 Å². The van der Waals surface area contributed by atoms with Crippen LogP contribution in [0.25, 0.3) is 10.8 Å². The molecule has 0 bridgehead atoms. The summed E-state index contributed by atoms with van der Waals surface area (Å²) in [5, 5.41) is 2.04. The first-order valence-electron chi connectivity index (χ1n) is 7.63. The second-order valence-electron chi connectivity index (χ2n) is 5.49. The third kappa shape index (κ3) is 3.87. The number of carbonyl (C=O) groups is 1. The summed E-state index contributed by atoms with van der Waals surface area (Å²) >= 11 is -2.20. The highest BCUT2D eigenvalue weighted by molar-refractivity contribution is 7.80. The van der Waals surface area contributed by atoms with Gasteiger partial charge in [-0.05, 0) is 40.6 Å². The van der Waals surface area contributed by atoms with Crippen molar-refractivity contribution in [2.45, 2.75) is 6.54 Å². The van der Waals surface area contributed by atoms with Gasteiger partial charge in [0.1, 0.15) is 0 Å². The Balaban J connectivity index is 1.93. The molecule has 0 fully saturated rings. The van der Waals surface area contributed by atoms with Crippen molar-refractivity contribution in [3.63, 3.8) is 0 Å². The van der Waals surface area contributed by atoms with Gasteiger partial charge in [0.15, 0.2) is 0 Å². The van der Waals surface area contributed by atoms with Crippen LogP contribution in [0.3, 0.4) is 0 Å². The molecule has 1 N–H and O–H groups in total. The molecule has 1 atom stereocenters. The van der Waals surface area contributed by atoms with Crippen LogP contribution in [-0.2, 0) is 22.5 Å². The van der Waals surface area contributed by atoms with Gasteiger partial charge in [0.25, 0.3) is 11.3 Å². The Morgan fingerprint density at radius 2 is 1.80 bits per heavy atom. The maximum absolute atomic E-state index is 11.9. The Morgan fingerprint density at radius 3 is 2.52 bits per heavy atom. The first-order valence-corrected chi connectivity index (χ1v) is 8.69. The molecular weight excluding hydrogens is 338 g/mol. The van der Waals surface area contributed by atoms with E-state index in [1.165, 1.54) is 11.4 Å². The van der Waals surface area contributed by atoms with Crippen molar-refractivity contribution in [2.24, 2.45) is 0 Å². The van der Waals surface area contributed by atoms with E-state index >= 15 is 0 Å². The summed E-state index contributed by atoms with van der Waals surface area (Å²) in [6, 6.07) is 20.2. The van der Waals surface area contributed by atoms with Crippen LogP contribution in [0.1, 0.15) is 15.9 Å². The largest absolute Gasteiger partial charge is 0.465 e. The van der Waals surface area contributed by atoms with E-state index in [1.54, 1.807) is 30.3 Å². The summed E-state index contributed by atoms with van der Waals surface area (Å²) in [6.45, 7) is 0.187. The highest BCUT2D eigenvalue weighted by Crippen LogP contribution is 2.24. The molecule has 5 nitrogen and oxygen atoms in total. The van der Waals surface area contributed by atoms with E-state index in [9.17, 15) is 13.6 Å². The number of carbonyl (C=O) groups excluding carboxylic acids is 1. The summed E-state index contributed by atoms with van der Waals surface area (Å²) in [5.41, 5.74) is 1.77. The molecule has 3 rings (SSSR count). The van der Waals surface area contributed by atoms with Gasteiger partial charge in [0.05, 0.1) is 24.9 Å². The van der Waals surface area contributed by atoms with Crippen molar-refractivity contribution in [1.29, 1.82) is 0 Å². The van der Waals surface area contributed by atoms with E-state index in [4.69, 9.17) is 4.74 Å². The molecule has 0 aliphatic rings. The first kappa shape index (κ1) is 17.1. The Hall–Kier alpha value is -2.70. The number of anilines is 1. The lowest BCUT2D eigenvalue weighted by Crippen LogP contribution is -2.24. The molecule has 3 aromatic carbocycles. The van der Waals surface area contributed by atoms with Crippen molar-refractivity contribution in [3.05, 3.63) is 77.9 Å². The van der Waals surface area contributed by atoms with Gasteiger partial charge in [-0.2, -0.15) is 0 Å². The summed E-state index contributed by atoms with van der Waals surface area (Å²) in [5.74, 6) is -0.441. The van der Waals surface area contributed by atoms with Crippen molar-refractivity contribution in [1.82, 2.24) is 0 Å². The van der Waals surface area contributed by atoms with Gasteiger partial charge in [-0.3, -0.25) is 8.86 Å². The number of hydrogen-bond donors (Lipinski definition) is 1. The van der Waals surface area contributed by atoms with E-state index < -0.39 is 17.2 Å². The zero-order chi connectivity index (χ0) is 17.8. The Labute approximate surface area is 148 Å². The second kappa shape index (κ2) is 7.46. The number of methoxy groups -OCH3 is 1. The van der Waals surface area contributed by atoms with Crippen LogP contribution in [0, 0.1) is 0 Å². The molecule has 128 valence electrons. The average molecular weight is 355 g/mol. The lowest BCUT2D eigenvalue weighted by atomic mass is 10.1. The third-order valence-electron chi connectivity index (χ3n) is 3.88. The minimum atomic E-state index is -2.20. The van der Waals surface area contributed by atoms with E-state index in [1.807, 2.05) is 36.4 Å². The smallest absolute Gasteiger partial charge is 0.337 e. The quantitative estimate of drug-likeness (QED) is 0.559. The fourth-order valence-electron chi connectivity index (χ4n) is 2.65. The Morgan fingerprint density at radius 1 is 1.04 bits per heavy atom. The van der Waals surface area contributed by atoms with Crippen LogP contribution in [-0.4, -0.2) is 21.8 Å². The van der Waals surface area contributed by atoms with Crippen molar-refractivity contribution in [2.75, 3.05) is 11.4 Å². The Kier molecular flexibility index (Phi) is 5.11. The number of rotatable bonds is 5. The monoisotopic (exact) mass is 355 g/mol. The molecule has 0 aliphatic heterocycles. The molecule has 0 aliphatic carbocycles. The Bertz CT molecular complexity index is 941. The molecular formula is C19H17NO4S. The lowest BCUT2D eigenvalue weighted by Gasteiger charge is -2.21. The first-order chi connectivity index (χ1) is 12.1. The average Bonchev–Trinajstić information content (AvgIpc) is 2.65. The van der Waals surface area contributed by atoms with Gasteiger partial charge in [-0.1, -0.05) is 42.5 Å². The van der Waals surface area contributed by atoms with Crippen molar-refractivity contribution < 1.29 is 18.3 Å². The number of nitrogens with zero attached hydrogens (tertiary/aromatic N) is 1. The van der Waals surface area contributed by atoms with Crippen molar-refractivity contribution >= 4 is 33.7 Å². The van der Waals surface area contributed by atoms with Gasteiger partial charge in [0.2, 0.25) is 0 Å². The van der Waals surface area contributed by atoms with Gasteiger partial charge in [-0.15, -0.1) is 0 Å². The van der Waals surface area contributed by atoms with Crippen LogP contribution < -0.4 is 4.31 Å². The summed E-state index contributed by atoms with van der Waals surface area (Å²) in [7, 11) is 1.32. The summed E-state index contributed by atoms with van der Waals surface area (Å²) in [6.07, 6.45) is 0. The molecule has 0 aromatic heterocycles. The van der Waals surface area contributed by atoms with E-state index in [2.05, 4.69) is 0 Å². The van der Waals surface area contributed by atoms with Gasteiger partial charge < -0.3 is 4.74 Å². The minimum absolute atomic E-state index is 0.187. The fourth-order valence-corrected chi connectivity index (χ4v) is 3.20. The van der Waals surface area contributed by atoms with Crippen LogP contribution >= 0.6 is 0 Å². The normalized spacial score (nSPS) is 11.9. The molecule has 0 heterocycles. The summed E-state index contributed by atoms with van der Waals surface area (Å²) in [4.78, 5) is 11.7. The molecule has 0 saturated carbocycles. The van der Waals surface area contributed by atoms with Gasteiger partial charge in [-0.25, -0.2) is 9.00 Å². The van der Waals surface area contributed by atoms with Crippen LogP contribution in [0.2, 0.25) is 0 Å². The van der Waals surface area contributed by atoms with Gasteiger partial charge >= 0.3 is 5.97 Å². The number of fused-ring (bicyclic) bond motifs is 1. The molecule has 0 saturated heterocycles. The molecule has 1 unspecified atom stereocenters. The fraction of sp³-hybridized carbons (Fsp3) is 0.105. The number of hydrogen-bond acceptors (Lipinski definition) is 3. The topological polar surface area (TPSA) is 66.8 Å². The summed E-state index contributed by atoms with van der Waals surface area (Å²) < 4.78 is 27.7. The molecule has 6 heteroatoms. The minimum Gasteiger partial charge on any atom is -0.465 e. The van der Waals surface area contributed by atoms with Crippen LogP contribution in [0.5, 0.6) is 0 Å². The molecule has 0 spiro atoms. The number of esters is 1. The van der Waals surface area contributed by atoms with Crippen molar-refractivity contribution in [3.8, 4) is 0 Å². The van der Waals surface area contributed by atoms with Crippen LogP contribution in [0.15, 0.2) is 66.7 Å². The zero-order valence-electron chi connectivity index (χ0n) is 13.6. The highest BCUT2D eigenvalue weighted by atomic mass is 32.2.